The van der Waals surface area contributed by atoms with E-state index < -0.39 is 0 Å². The normalized spacial score (nSPS) is 10.9. The second kappa shape index (κ2) is 7.36. The highest BCUT2D eigenvalue weighted by Crippen LogP contribution is 2.20. The maximum atomic E-state index is 12.4. The molecule has 22 heavy (non-hydrogen) atoms. The van der Waals surface area contributed by atoms with Crippen LogP contribution in [0.3, 0.4) is 0 Å². The van der Waals surface area contributed by atoms with Gasteiger partial charge in [-0.1, -0.05) is 19.1 Å². The van der Waals surface area contributed by atoms with Crippen molar-refractivity contribution in [1.29, 1.82) is 0 Å². The Morgan fingerprint density at radius 2 is 1.91 bits per heavy atom. The van der Waals surface area contributed by atoms with E-state index in [1.54, 1.807) is 4.68 Å². The molecule has 1 N–H and O–H groups in total. The van der Waals surface area contributed by atoms with Crippen molar-refractivity contribution in [3.8, 4) is 11.3 Å². The summed E-state index contributed by atoms with van der Waals surface area (Å²) in [4.78, 5) is 12.4. The Labute approximate surface area is 132 Å². The highest BCUT2D eigenvalue weighted by Gasteiger charge is 2.09. The zero-order valence-corrected chi connectivity index (χ0v) is 13.9. The number of aryl methyl sites for hydroxylation is 3. The van der Waals surface area contributed by atoms with Crippen LogP contribution in [0.5, 0.6) is 0 Å². The first-order valence-corrected chi connectivity index (χ1v) is 7.96. The van der Waals surface area contributed by atoms with E-state index in [9.17, 15) is 4.79 Å². The van der Waals surface area contributed by atoms with Gasteiger partial charge in [0.2, 0.25) is 0 Å². The summed E-state index contributed by atoms with van der Waals surface area (Å²) < 4.78 is 1.55. The fraction of sp³-hybridized carbons (Fsp3) is 0.444. The topological polar surface area (TPSA) is 46.9 Å². The molecule has 0 saturated carbocycles. The number of nitrogens with one attached hydrogen (secondary N) is 1. The van der Waals surface area contributed by atoms with Gasteiger partial charge in [-0.15, -0.1) is 0 Å². The summed E-state index contributed by atoms with van der Waals surface area (Å²) >= 11 is 0. The van der Waals surface area contributed by atoms with Crippen molar-refractivity contribution in [2.75, 3.05) is 6.54 Å². The predicted octanol–water partition coefficient (Wildman–Crippen LogP) is 3.05. The minimum atomic E-state index is -0.00122. The molecule has 0 bridgehead atoms. The molecule has 0 spiro atoms. The lowest BCUT2D eigenvalue weighted by Gasteiger charge is -2.11. The monoisotopic (exact) mass is 299 g/mol. The smallest absolute Gasteiger partial charge is 0.271 e. The lowest BCUT2D eigenvalue weighted by Crippen LogP contribution is -2.29. The lowest BCUT2D eigenvalue weighted by molar-refractivity contribution is 0.596. The molecule has 0 amide bonds. The van der Waals surface area contributed by atoms with Crippen LogP contribution >= 0.6 is 0 Å². The fourth-order valence-electron chi connectivity index (χ4n) is 2.38. The average Bonchev–Trinajstić information content (AvgIpc) is 2.52. The van der Waals surface area contributed by atoms with Crippen molar-refractivity contribution < 1.29 is 0 Å². The molecule has 0 radical (unpaired) electrons. The Kier molecular flexibility index (Phi) is 5.50. The molecule has 1 heterocycles. The first kappa shape index (κ1) is 16.4. The van der Waals surface area contributed by atoms with Crippen LogP contribution in [-0.4, -0.2) is 16.3 Å². The highest BCUT2D eigenvalue weighted by molar-refractivity contribution is 5.61. The van der Waals surface area contributed by atoms with Gasteiger partial charge in [0, 0.05) is 24.2 Å². The number of benzene rings is 1. The molecule has 0 saturated heterocycles. The number of hydrogen-bond donors (Lipinski definition) is 1. The first-order valence-electron chi connectivity index (χ1n) is 7.96. The molecule has 2 aromatic rings. The number of nitrogens with zero attached hydrogens (tertiary/aromatic N) is 2. The second-order valence-electron chi connectivity index (χ2n) is 5.65. The van der Waals surface area contributed by atoms with Crippen LogP contribution in [0.2, 0.25) is 0 Å². The first-order chi connectivity index (χ1) is 10.6. The molecule has 4 nitrogen and oxygen atoms in total. The van der Waals surface area contributed by atoms with E-state index in [0.29, 0.717) is 13.1 Å². The van der Waals surface area contributed by atoms with Crippen molar-refractivity contribution >= 4 is 0 Å². The molecule has 118 valence electrons. The van der Waals surface area contributed by atoms with E-state index in [1.165, 1.54) is 11.1 Å². The predicted molar refractivity (Wildman–Crippen MR) is 91.1 cm³/mol. The van der Waals surface area contributed by atoms with Crippen molar-refractivity contribution in [2.24, 2.45) is 0 Å². The maximum Gasteiger partial charge on any atom is 0.271 e. The van der Waals surface area contributed by atoms with Gasteiger partial charge in [-0.05, 0) is 57.0 Å². The van der Waals surface area contributed by atoms with Gasteiger partial charge in [-0.25, -0.2) is 4.68 Å². The summed E-state index contributed by atoms with van der Waals surface area (Å²) in [6, 6.07) is 8.22. The molecule has 4 heteroatoms. The molecule has 0 aliphatic rings. The van der Waals surface area contributed by atoms with Gasteiger partial charge in [0.25, 0.3) is 5.56 Å². The Balaban J connectivity index is 2.44. The molecule has 0 atom stereocenters. The third kappa shape index (κ3) is 3.63. The molecule has 0 aliphatic carbocycles. The van der Waals surface area contributed by atoms with Gasteiger partial charge in [-0.2, -0.15) is 5.10 Å². The SMILES string of the molecule is CCCNCc1cc(-c2ccc(C)c(C)c2)nn(CC)c1=O. The molecule has 1 aromatic carbocycles. The van der Waals surface area contributed by atoms with Crippen LogP contribution in [0.15, 0.2) is 29.1 Å². The van der Waals surface area contributed by atoms with Crippen LogP contribution in [0.1, 0.15) is 37.0 Å². The molecule has 2 rings (SSSR count). The molecular weight excluding hydrogens is 274 g/mol. The Bertz CT molecular complexity index is 704. The Morgan fingerprint density at radius 3 is 2.55 bits per heavy atom. The van der Waals surface area contributed by atoms with Crippen LogP contribution in [0.25, 0.3) is 11.3 Å². The number of hydrogen-bond acceptors (Lipinski definition) is 3. The van der Waals surface area contributed by atoms with Crippen molar-refractivity contribution in [3.05, 3.63) is 51.3 Å². The van der Waals surface area contributed by atoms with Crippen LogP contribution in [0, 0.1) is 13.8 Å². The zero-order valence-electron chi connectivity index (χ0n) is 13.9. The van der Waals surface area contributed by atoms with Crippen LogP contribution < -0.4 is 10.9 Å². The summed E-state index contributed by atoms with van der Waals surface area (Å²) in [5.41, 5.74) is 5.19. The fourth-order valence-corrected chi connectivity index (χ4v) is 2.38. The minimum absolute atomic E-state index is 0.00122. The molecule has 0 unspecified atom stereocenters. The summed E-state index contributed by atoms with van der Waals surface area (Å²) in [5, 5.41) is 7.80. The number of aromatic nitrogens is 2. The van der Waals surface area contributed by atoms with Crippen molar-refractivity contribution in [2.45, 2.75) is 47.2 Å². The van der Waals surface area contributed by atoms with E-state index >= 15 is 0 Å². The third-order valence-electron chi connectivity index (χ3n) is 3.89. The average molecular weight is 299 g/mol. The molecular formula is C18H25N3O. The van der Waals surface area contributed by atoms with E-state index in [-0.39, 0.29) is 5.56 Å². The highest BCUT2D eigenvalue weighted by atomic mass is 16.1. The van der Waals surface area contributed by atoms with E-state index in [1.807, 2.05) is 13.0 Å². The van der Waals surface area contributed by atoms with Crippen molar-refractivity contribution in [3.63, 3.8) is 0 Å². The lowest BCUT2D eigenvalue weighted by atomic mass is 10.0. The summed E-state index contributed by atoms with van der Waals surface area (Å²) in [7, 11) is 0. The standard InChI is InChI=1S/C18H25N3O/c1-5-9-19-12-16-11-17(20-21(6-2)18(16)22)15-8-7-13(3)14(4)10-15/h7-8,10-11,19H,5-6,9,12H2,1-4H3. The quantitative estimate of drug-likeness (QED) is 0.834. The van der Waals surface area contributed by atoms with Crippen molar-refractivity contribution in [1.82, 2.24) is 15.1 Å². The van der Waals surface area contributed by atoms with Gasteiger partial charge in [-0.3, -0.25) is 4.79 Å². The van der Waals surface area contributed by atoms with Gasteiger partial charge in [0.1, 0.15) is 0 Å². The zero-order chi connectivity index (χ0) is 16.1. The number of rotatable bonds is 6. The minimum Gasteiger partial charge on any atom is -0.312 e. The van der Waals surface area contributed by atoms with Gasteiger partial charge < -0.3 is 5.32 Å². The van der Waals surface area contributed by atoms with E-state index in [4.69, 9.17) is 0 Å². The molecule has 0 aliphatic heterocycles. The van der Waals surface area contributed by atoms with Crippen LogP contribution in [-0.2, 0) is 13.1 Å². The van der Waals surface area contributed by atoms with Crippen LogP contribution in [0.4, 0.5) is 0 Å². The van der Waals surface area contributed by atoms with Gasteiger partial charge in [0.15, 0.2) is 0 Å². The summed E-state index contributed by atoms with van der Waals surface area (Å²) in [5.74, 6) is 0. The molecule has 1 aromatic heterocycles. The molecule has 0 fully saturated rings. The second-order valence-corrected chi connectivity index (χ2v) is 5.65. The summed E-state index contributed by atoms with van der Waals surface area (Å²) in [6.07, 6.45) is 1.05. The van der Waals surface area contributed by atoms with Gasteiger partial charge in [0.05, 0.1) is 5.69 Å². The van der Waals surface area contributed by atoms with E-state index in [2.05, 4.69) is 49.4 Å². The van der Waals surface area contributed by atoms with E-state index in [0.717, 1.165) is 29.8 Å². The summed E-state index contributed by atoms with van der Waals surface area (Å²) in [6.45, 7) is 10.3. The Hall–Kier alpha value is -1.94. The third-order valence-corrected chi connectivity index (χ3v) is 3.89. The Morgan fingerprint density at radius 1 is 1.14 bits per heavy atom. The maximum absolute atomic E-state index is 12.4. The largest absolute Gasteiger partial charge is 0.312 e. The van der Waals surface area contributed by atoms with Gasteiger partial charge >= 0.3 is 0 Å².